The van der Waals surface area contributed by atoms with Crippen molar-refractivity contribution in [1.82, 2.24) is 4.98 Å². The van der Waals surface area contributed by atoms with Gasteiger partial charge in [-0.3, -0.25) is 14.7 Å². The van der Waals surface area contributed by atoms with Crippen molar-refractivity contribution in [3.05, 3.63) is 70.5 Å². The zero-order chi connectivity index (χ0) is 27.8. The van der Waals surface area contributed by atoms with Crippen molar-refractivity contribution in [3.8, 4) is 16.9 Å². The second-order valence-corrected chi connectivity index (χ2v) is 10.8. The second kappa shape index (κ2) is 10.5. The minimum absolute atomic E-state index is 0.0266. The molecule has 2 amide bonds. The number of benzene rings is 2. The molecule has 0 bridgehead atoms. The summed E-state index contributed by atoms with van der Waals surface area (Å²) in [4.78, 5) is 34.3. The summed E-state index contributed by atoms with van der Waals surface area (Å²) in [7, 11) is 1.63. The van der Waals surface area contributed by atoms with Gasteiger partial charge >= 0.3 is 6.09 Å². The summed E-state index contributed by atoms with van der Waals surface area (Å²) < 4.78 is 11.5. The van der Waals surface area contributed by atoms with Crippen molar-refractivity contribution in [2.24, 2.45) is 0 Å². The number of amides is 2. The third kappa shape index (κ3) is 5.37. The largest absolute Gasteiger partial charge is 0.496 e. The predicted molar refractivity (Wildman–Crippen MR) is 151 cm³/mol. The van der Waals surface area contributed by atoms with Crippen LogP contribution in [0.1, 0.15) is 55.6 Å². The number of rotatable bonds is 5. The van der Waals surface area contributed by atoms with Crippen LogP contribution in [-0.2, 0) is 22.5 Å². The van der Waals surface area contributed by atoms with Crippen LogP contribution in [0.25, 0.3) is 11.1 Å². The Kier molecular flexibility index (Phi) is 7.49. The van der Waals surface area contributed by atoms with Crippen LogP contribution in [0.5, 0.6) is 5.75 Å². The molecule has 1 aliphatic rings. The van der Waals surface area contributed by atoms with Gasteiger partial charge in [-0.2, -0.15) is 0 Å². The highest BCUT2D eigenvalue weighted by atomic mass is 16.6. The van der Waals surface area contributed by atoms with Crippen LogP contribution >= 0.6 is 0 Å². The highest BCUT2D eigenvalue weighted by Gasteiger charge is 2.31. The molecule has 2 aromatic carbocycles. The number of ether oxygens (including phenoxy) is 2. The lowest BCUT2D eigenvalue weighted by Crippen LogP contribution is -2.37. The molecule has 1 aliphatic heterocycles. The van der Waals surface area contributed by atoms with Crippen LogP contribution in [0.3, 0.4) is 0 Å². The molecule has 0 radical (unpaired) electrons. The molecule has 0 N–H and O–H groups in total. The fourth-order valence-electron chi connectivity index (χ4n) is 5.05. The van der Waals surface area contributed by atoms with E-state index in [-0.39, 0.29) is 12.5 Å². The van der Waals surface area contributed by atoms with E-state index in [9.17, 15) is 9.59 Å². The number of aryl methyl sites for hydroxylation is 2. The van der Waals surface area contributed by atoms with E-state index in [0.717, 1.165) is 51.2 Å². The second-order valence-electron chi connectivity index (χ2n) is 10.8. The predicted octanol–water partition coefficient (Wildman–Crippen LogP) is 6.53. The lowest BCUT2D eigenvalue weighted by atomic mass is 9.93. The van der Waals surface area contributed by atoms with Gasteiger partial charge in [0.15, 0.2) is 0 Å². The van der Waals surface area contributed by atoms with E-state index in [1.807, 2.05) is 58.9 Å². The third-order valence-electron chi connectivity index (χ3n) is 6.89. The Bertz CT molecular complexity index is 1390. The Labute approximate surface area is 225 Å². The van der Waals surface area contributed by atoms with E-state index in [0.29, 0.717) is 17.9 Å². The summed E-state index contributed by atoms with van der Waals surface area (Å²) >= 11 is 0. The maximum Gasteiger partial charge on any atom is 0.415 e. The standard InChI is InChI=1S/C31H37N3O4/c1-19-11-9-10-12-24(19)26-15-23(16-28-25(26)13-14-33(28)22(4)35)34(30(36)38-31(5,6)7)18-27-21(3)29(37-8)20(2)17-32-27/h9-12,15-17H,13-14,18H2,1-8H3. The van der Waals surface area contributed by atoms with Gasteiger partial charge in [0.25, 0.3) is 0 Å². The summed E-state index contributed by atoms with van der Waals surface area (Å²) in [6, 6.07) is 12.1. The SMILES string of the molecule is COc1c(C)cnc(CN(C(=O)OC(C)(C)C)c2cc(-c3ccccc3C)c3c(c2)N(C(C)=O)CC3)c1C. The molecule has 2 heterocycles. The quantitative estimate of drug-likeness (QED) is 0.386. The van der Waals surface area contributed by atoms with Gasteiger partial charge in [0.2, 0.25) is 5.91 Å². The van der Waals surface area contributed by atoms with Gasteiger partial charge in [0.1, 0.15) is 11.4 Å². The fourth-order valence-corrected chi connectivity index (χ4v) is 5.05. The molecule has 3 aromatic rings. The zero-order valence-electron chi connectivity index (χ0n) is 23.6. The lowest BCUT2D eigenvalue weighted by Gasteiger charge is -2.29. The van der Waals surface area contributed by atoms with Crippen molar-refractivity contribution >= 4 is 23.4 Å². The van der Waals surface area contributed by atoms with Gasteiger partial charge < -0.3 is 14.4 Å². The van der Waals surface area contributed by atoms with Crippen LogP contribution < -0.4 is 14.5 Å². The molecule has 7 nitrogen and oxygen atoms in total. The number of carbonyl (C=O) groups is 2. The number of hydrogen-bond donors (Lipinski definition) is 0. The molecule has 0 unspecified atom stereocenters. The first-order valence-electron chi connectivity index (χ1n) is 12.9. The molecule has 0 saturated carbocycles. The Morgan fingerprint density at radius 2 is 1.76 bits per heavy atom. The van der Waals surface area contributed by atoms with E-state index >= 15 is 0 Å². The monoisotopic (exact) mass is 515 g/mol. The average molecular weight is 516 g/mol. The first-order valence-corrected chi connectivity index (χ1v) is 12.9. The summed E-state index contributed by atoms with van der Waals surface area (Å²) in [6.45, 7) is 13.9. The normalized spacial score (nSPS) is 12.8. The van der Waals surface area contributed by atoms with Gasteiger partial charge in [0.05, 0.1) is 25.0 Å². The topological polar surface area (TPSA) is 72.0 Å². The van der Waals surface area contributed by atoms with Crippen LogP contribution in [0.15, 0.2) is 42.6 Å². The number of hydrogen-bond acceptors (Lipinski definition) is 5. The van der Waals surface area contributed by atoms with Gasteiger partial charge in [0, 0.05) is 36.5 Å². The molecule has 200 valence electrons. The molecular formula is C31H37N3O4. The summed E-state index contributed by atoms with van der Waals surface area (Å²) in [5.41, 5.74) is 7.60. The highest BCUT2D eigenvalue weighted by Crippen LogP contribution is 2.42. The Hall–Kier alpha value is -3.87. The number of carbonyl (C=O) groups excluding carboxylic acids is 2. The van der Waals surface area contributed by atoms with Gasteiger partial charge in [-0.1, -0.05) is 24.3 Å². The van der Waals surface area contributed by atoms with Crippen LogP contribution in [0.2, 0.25) is 0 Å². The molecule has 38 heavy (non-hydrogen) atoms. The highest BCUT2D eigenvalue weighted by molar-refractivity contribution is 5.99. The summed E-state index contributed by atoms with van der Waals surface area (Å²) in [6.07, 6.45) is 2.02. The molecule has 4 rings (SSSR count). The average Bonchev–Trinajstić information content (AvgIpc) is 3.27. The van der Waals surface area contributed by atoms with Gasteiger partial charge in [-0.25, -0.2) is 4.79 Å². The van der Waals surface area contributed by atoms with E-state index in [2.05, 4.69) is 24.0 Å². The number of anilines is 2. The molecular weight excluding hydrogens is 478 g/mol. The Balaban J connectivity index is 1.92. The molecule has 0 aliphatic carbocycles. The number of nitrogens with zero attached hydrogens (tertiary/aromatic N) is 3. The first-order chi connectivity index (χ1) is 17.9. The Morgan fingerprint density at radius 3 is 2.39 bits per heavy atom. The third-order valence-corrected chi connectivity index (χ3v) is 6.89. The maximum atomic E-state index is 13.7. The smallest absolute Gasteiger partial charge is 0.415 e. The lowest BCUT2D eigenvalue weighted by molar-refractivity contribution is -0.116. The molecule has 0 saturated heterocycles. The maximum absolute atomic E-state index is 13.7. The molecule has 0 atom stereocenters. The van der Waals surface area contributed by atoms with Crippen molar-refractivity contribution in [3.63, 3.8) is 0 Å². The van der Waals surface area contributed by atoms with E-state index in [1.165, 1.54) is 0 Å². The molecule has 0 spiro atoms. The molecule has 7 heteroatoms. The van der Waals surface area contributed by atoms with Gasteiger partial charge in [-0.15, -0.1) is 0 Å². The summed E-state index contributed by atoms with van der Waals surface area (Å²) in [5.74, 6) is 0.720. The zero-order valence-corrected chi connectivity index (χ0v) is 23.6. The van der Waals surface area contributed by atoms with Gasteiger partial charge in [-0.05, 0) is 82.3 Å². The molecule has 1 aromatic heterocycles. The minimum Gasteiger partial charge on any atom is -0.496 e. The van der Waals surface area contributed by atoms with Crippen molar-refractivity contribution in [1.29, 1.82) is 0 Å². The van der Waals surface area contributed by atoms with Crippen molar-refractivity contribution in [2.75, 3.05) is 23.5 Å². The fraction of sp³-hybridized carbons (Fsp3) is 0.387. The van der Waals surface area contributed by atoms with Crippen LogP contribution in [-0.4, -0.2) is 36.2 Å². The first kappa shape index (κ1) is 27.2. The summed E-state index contributed by atoms with van der Waals surface area (Å²) in [5, 5.41) is 0. The number of aromatic nitrogens is 1. The van der Waals surface area contributed by atoms with Crippen molar-refractivity contribution in [2.45, 2.75) is 67.0 Å². The van der Waals surface area contributed by atoms with Crippen molar-refractivity contribution < 1.29 is 19.1 Å². The number of methoxy groups -OCH3 is 1. The van der Waals surface area contributed by atoms with Crippen LogP contribution in [0.4, 0.5) is 16.2 Å². The van der Waals surface area contributed by atoms with E-state index in [4.69, 9.17) is 9.47 Å². The number of pyridine rings is 1. The van der Waals surface area contributed by atoms with E-state index in [1.54, 1.807) is 30.0 Å². The minimum atomic E-state index is -0.691. The Morgan fingerprint density at radius 1 is 1.05 bits per heavy atom. The van der Waals surface area contributed by atoms with Crippen LogP contribution in [0, 0.1) is 20.8 Å². The van der Waals surface area contributed by atoms with E-state index < -0.39 is 11.7 Å². The number of fused-ring (bicyclic) bond motifs is 1. The molecule has 0 fully saturated rings.